The lowest BCUT2D eigenvalue weighted by atomic mass is 10.1. The smallest absolute Gasteiger partial charge is 0.227 e. The molecule has 1 aliphatic rings. The number of benzene rings is 1. The molecule has 1 fully saturated rings. The molecule has 0 aliphatic carbocycles. The van der Waals surface area contributed by atoms with Crippen molar-refractivity contribution in [1.82, 2.24) is 4.90 Å². The van der Waals surface area contributed by atoms with E-state index in [0.717, 1.165) is 24.9 Å². The van der Waals surface area contributed by atoms with Crippen molar-refractivity contribution in [2.24, 2.45) is 5.73 Å². The van der Waals surface area contributed by atoms with E-state index < -0.39 is 0 Å². The summed E-state index contributed by atoms with van der Waals surface area (Å²) in [4.78, 5) is 13.9. The molecule has 18 heavy (non-hydrogen) atoms. The van der Waals surface area contributed by atoms with Gasteiger partial charge in [0.1, 0.15) is 5.82 Å². The van der Waals surface area contributed by atoms with Gasteiger partial charge in [-0.3, -0.25) is 4.79 Å². The lowest BCUT2D eigenvalue weighted by Crippen LogP contribution is -2.40. The standard InChI is InChI=1S/C13H17FN2O.ClH/c14-11-5-3-10(4-6-11)8-13(17)16-7-1-2-12(16)9-15;/h3-6,12H,1-2,7-9,15H2;1H. The summed E-state index contributed by atoms with van der Waals surface area (Å²) in [5.74, 6) is -0.188. The normalized spacial score (nSPS) is 18.6. The predicted molar refractivity (Wildman–Crippen MR) is 71.1 cm³/mol. The van der Waals surface area contributed by atoms with Gasteiger partial charge < -0.3 is 10.6 Å². The zero-order valence-corrected chi connectivity index (χ0v) is 11.0. The van der Waals surface area contributed by atoms with Crippen molar-refractivity contribution in [3.05, 3.63) is 35.6 Å². The average Bonchev–Trinajstić information content (AvgIpc) is 2.80. The van der Waals surface area contributed by atoms with Crippen LogP contribution in [0.1, 0.15) is 18.4 Å². The van der Waals surface area contributed by atoms with Gasteiger partial charge in [-0.1, -0.05) is 12.1 Å². The van der Waals surface area contributed by atoms with Crippen LogP contribution in [0.25, 0.3) is 0 Å². The SMILES string of the molecule is Cl.NCC1CCCN1C(=O)Cc1ccc(F)cc1. The molecule has 2 rings (SSSR count). The molecule has 100 valence electrons. The molecule has 1 aromatic rings. The molecule has 1 aliphatic heterocycles. The Balaban J connectivity index is 0.00000162. The summed E-state index contributed by atoms with van der Waals surface area (Å²) >= 11 is 0. The molecule has 0 saturated carbocycles. The first-order chi connectivity index (χ1) is 8.20. The fourth-order valence-corrected chi connectivity index (χ4v) is 2.29. The predicted octanol–water partition coefficient (Wildman–Crippen LogP) is 1.74. The maximum absolute atomic E-state index is 12.7. The molecular weight excluding hydrogens is 255 g/mol. The van der Waals surface area contributed by atoms with E-state index in [1.54, 1.807) is 12.1 Å². The molecule has 0 bridgehead atoms. The van der Waals surface area contributed by atoms with Gasteiger partial charge in [-0.05, 0) is 30.5 Å². The maximum Gasteiger partial charge on any atom is 0.227 e. The lowest BCUT2D eigenvalue weighted by molar-refractivity contribution is -0.131. The number of nitrogens with zero attached hydrogens (tertiary/aromatic N) is 1. The number of amides is 1. The minimum absolute atomic E-state index is 0. The number of halogens is 2. The second-order valence-electron chi connectivity index (χ2n) is 4.42. The highest BCUT2D eigenvalue weighted by Gasteiger charge is 2.27. The second-order valence-corrected chi connectivity index (χ2v) is 4.42. The van der Waals surface area contributed by atoms with Crippen molar-refractivity contribution in [3.63, 3.8) is 0 Å². The van der Waals surface area contributed by atoms with E-state index in [1.807, 2.05) is 4.90 Å². The first kappa shape index (κ1) is 14.9. The Morgan fingerprint density at radius 2 is 2.06 bits per heavy atom. The number of likely N-dealkylation sites (tertiary alicyclic amines) is 1. The first-order valence-corrected chi connectivity index (χ1v) is 5.94. The summed E-state index contributed by atoms with van der Waals surface area (Å²) in [5.41, 5.74) is 6.48. The van der Waals surface area contributed by atoms with Gasteiger partial charge >= 0.3 is 0 Å². The number of rotatable bonds is 3. The van der Waals surface area contributed by atoms with Gasteiger partial charge in [0.25, 0.3) is 0 Å². The first-order valence-electron chi connectivity index (χ1n) is 5.94. The van der Waals surface area contributed by atoms with Crippen molar-refractivity contribution in [2.45, 2.75) is 25.3 Å². The molecule has 1 atom stereocenters. The van der Waals surface area contributed by atoms with E-state index in [2.05, 4.69) is 0 Å². The van der Waals surface area contributed by atoms with Crippen molar-refractivity contribution in [1.29, 1.82) is 0 Å². The van der Waals surface area contributed by atoms with Gasteiger partial charge in [0.2, 0.25) is 5.91 Å². The summed E-state index contributed by atoms with van der Waals surface area (Å²) in [6.07, 6.45) is 2.35. The molecule has 5 heteroatoms. The Hall–Kier alpha value is -1.13. The summed E-state index contributed by atoms with van der Waals surface area (Å²) in [6, 6.07) is 6.25. The molecular formula is C13H18ClFN2O. The number of carbonyl (C=O) groups is 1. The maximum atomic E-state index is 12.7. The largest absolute Gasteiger partial charge is 0.338 e. The van der Waals surface area contributed by atoms with Crippen molar-refractivity contribution in [2.75, 3.05) is 13.1 Å². The summed E-state index contributed by atoms with van der Waals surface area (Å²) in [7, 11) is 0. The van der Waals surface area contributed by atoms with E-state index in [9.17, 15) is 9.18 Å². The summed E-state index contributed by atoms with van der Waals surface area (Å²) < 4.78 is 12.7. The monoisotopic (exact) mass is 272 g/mol. The highest BCUT2D eigenvalue weighted by Crippen LogP contribution is 2.17. The number of carbonyl (C=O) groups excluding carboxylic acids is 1. The number of hydrogen-bond acceptors (Lipinski definition) is 2. The third kappa shape index (κ3) is 3.43. The molecule has 1 aromatic carbocycles. The van der Waals surface area contributed by atoms with Crippen LogP contribution in [-0.2, 0) is 11.2 Å². The fraction of sp³-hybridized carbons (Fsp3) is 0.462. The van der Waals surface area contributed by atoms with Gasteiger partial charge in [0.15, 0.2) is 0 Å². The average molecular weight is 273 g/mol. The highest BCUT2D eigenvalue weighted by molar-refractivity contribution is 5.85. The summed E-state index contributed by atoms with van der Waals surface area (Å²) in [6.45, 7) is 1.32. The molecule has 2 N–H and O–H groups in total. The van der Waals surface area contributed by atoms with Crippen LogP contribution in [0.3, 0.4) is 0 Å². The zero-order valence-electron chi connectivity index (χ0n) is 10.1. The van der Waals surface area contributed by atoms with Crippen LogP contribution in [0.5, 0.6) is 0 Å². The van der Waals surface area contributed by atoms with Crippen LogP contribution < -0.4 is 5.73 Å². The Morgan fingerprint density at radius 3 is 2.67 bits per heavy atom. The minimum atomic E-state index is -0.276. The van der Waals surface area contributed by atoms with Gasteiger partial charge in [-0.2, -0.15) is 0 Å². The molecule has 0 spiro atoms. The van der Waals surface area contributed by atoms with E-state index in [4.69, 9.17) is 5.73 Å². The quantitative estimate of drug-likeness (QED) is 0.911. The second kappa shape index (κ2) is 6.71. The van der Waals surface area contributed by atoms with Crippen LogP contribution in [0, 0.1) is 5.82 Å². The minimum Gasteiger partial charge on any atom is -0.338 e. The summed E-state index contributed by atoms with van der Waals surface area (Å²) in [5, 5.41) is 0. The Kier molecular flexibility index (Phi) is 5.56. The van der Waals surface area contributed by atoms with E-state index in [0.29, 0.717) is 13.0 Å². The molecule has 1 saturated heterocycles. The lowest BCUT2D eigenvalue weighted by Gasteiger charge is -2.23. The Bertz CT molecular complexity index is 396. The van der Waals surface area contributed by atoms with E-state index in [1.165, 1.54) is 12.1 Å². The number of nitrogens with two attached hydrogens (primary N) is 1. The van der Waals surface area contributed by atoms with Gasteiger partial charge in [-0.15, -0.1) is 12.4 Å². The van der Waals surface area contributed by atoms with Gasteiger partial charge in [0.05, 0.1) is 6.42 Å². The van der Waals surface area contributed by atoms with Crippen LogP contribution >= 0.6 is 12.4 Å². The van der Waals surface area contributed by atoms with Crippen LogP contribution in [0.15, 0.2) is 24.3 Å². The van der Waals surface area contributed by atoms with Gasteiger partial charge in [0, 0.05) is 19.1 Å². The molecule has 0 aromatic heterocycles. The molecule has 1 heterocycles. The topological polar surface area (TPSA) is 46.3 Å². The fourth-order valence-electron chi connectivity index (χ4n) is 2.29. The van der Waals surface area contributed by atoms with E-state index in [-0.39, 0.29) is 30.2 Å². The Labute approximate surface area is 113 Å². The van der Waals surface area contributed by atoms with Crippen LogP contribution in [0.4, 0.5) is 4.39 Å². The third-order valence-electron chi connectivity index (χ3n) is 3.24. The molecule has 1 amide bonds. The van der Waals surface area contributed by atoms with Crippen molar-refractivity contribution < 1.29 is 9.18 Å². The number of hydrogen-bond donors (Lipinski definition) is 1. The van der Waals surface area contributed by atoms with Crippen LogP contribution in [0.2, 0.25) is 0 Å². The van der Waals surface area contributed by atoms with Crippen molar-refractivity contribution in [3.8, 4) is 0 Å². The van der Waals surface area contributed by atoms with E-state index >= 15 is 0 Å². The molecule has 3 nitrogen and oxygen atoms in total. The van der Waals surface area contributed by atoms with Crippen molar-refractivity contribution >= 4 is 18.3 Å². The van der Waals surface area contributed by atoms with Crippen LogP contribution in [-0.4, -0.2) is 29.9 Å². The zero-order chi connectivity index (χ0) is 12.3. The molecule has 0 radical (unpaired) electrons. The third-order valence-corrected chi connectivity index (χ3v) is 3.24. The Morgan fingerprint density at radius 1 is 1.39 bits per heavy atom. The van der Waals surface area contributed by atoms with Gasteiger partial charge in [-0.25, -0.2) is 4.39 Å². The highest BCUT2D eigenvalue weighted by atomic mass is 35.5. The molecule has 1 unspecified atom stereocenters.